The number of alkyl halides is 3. The van der Waals surface area contributed by atoms with Crippen LogP contribution in [-0.2, 0) is 0 Å². The first-order chi connectivity index (χ1) is 9.32. The maximum atomic E-state index is 13.5. The van der Waals surface area contributed by atoms with Crippen molar-refractivity contribution in [3.63, 3.8) is 0 Å². The van der Waals surface area contributed by atoms with Gasteiger partial charge in [0.25, 0.3) is 0 Å². The first-order valence-corrected chi connectivity index (χ1v) is 7.59. The van der Waals surface area contributed by atoms with Crippen molar-refractivity contribution < 1.29 is 18.3 Å². The van der Waals surface area contributed by atoms with Crippen LogP contribution in [0.1, 0.15) is 11.6 Å². The Labute approximate surface area is 131 Å². The number of phenols is 1. The molecule has 0 aliphatic carbocycles. The number of rotatable bonds is 2. The molecule has 1 aliphatic heterocycles. The van der Waals surface area contributed by atoms with E-state index in [9.17, 15) is 18.3 Å². The molecule has 2 rings (SSSR count). The van der Waals surface area contributed by atoms with E-state index in [0.29, 0.717) is 13.1 Å². The van der Waals surface area contributed by atoms with Gasteiger partial charge in [-0.2, -0.15) is 13.2 Å². The first-order valence-electron chi connectivity index (χ1n) is 6.00. The van der Waals surface area contributed by atoms with Crippen LogP contribution in [0.3, 0.4) is 0 Å². The number of hydrogen-bond acceptors (Lipinski definition) is 3. The van der Waals surface area contributed by atoms with Gasteiger partial charge < -0.3 is 10.4 Å². The van der Waals surface area contributed by atoms with Crippen LogP contribution in [0.5, 0.6) is 5.75 Å². The predicted octanol–water partition coefficient (Wildman–Crippen LogP) is 3.43. The molecule has 0 saturated carbocycles. The lowest BCUT2D eigenvalue weighted by Gasteiger charge is -2.36. The fourth-order valence-corrected chi connectivity index (χ4v) is 3.19. The van der Waals surface area contributed by atoms with E-state index in [1.807, 2.05) is 0 Å². The fourth-order valence-electron chi connectivity index (χ4n) is 2.31. The SMILES string of the molecule is Oc1c(Br)ccc(Br)c1[C@@H](N1CCNCC1)C(F)(F)F. The number of hydrogen-bond donors (Lipinski definition) is 2. The number of aromatic hydroxyl groups is 1. The largest absolute Gasteiger partial charge is 0.506 e. The number of piperazine rings is 1. The predicted molar refractivity (Wildman–Crippen MR) is 76.7 cm³/mol. The quantitative estimate of drug-likeness (QED) is 0.773. The van der Waals surface area contributed by atoms with E-state index in [4.69, 9.17) is 0 Å². The summed E-state index contributed by atoms with van der Waals surface area (Å²) in [5.41, 5.74) is -0.145. The number of halogens is 5. The van der Waals surface area contributed by atoms with Crippen molar-refractivity contribution in [1.29, 1.82) is 0 Å². The molecule has 1 saturated heterocycles. The summed E-state index contributed by atoms with van der Waals surface area (Å²) in [5, 5.41) is 13.0. The smallest absolute Gasteiger partial charge is 0.408 e. The van der Waals surface area contributed by atoms with Crippen LogP contribution in [0.4, 0.5) is 13.2 Å². The van der Waals surface area contributed by atoms with E-state index >= 15 is 0 Å². The Kier molecular flexibility index (Phi) is 4.99. The standard InChI is InChI=1S/C12H13Br2F3N2O/c13-7-1-2-8(14)10(20)9(7)11(12(15,16)17)19-5-3-18-4-6-19/h1-2,11,18,20H,3-6H2/t11-/m1/s1. The summed E-state index contributed by atoms with van der Waals surface area (Å²) in [6.45, 7) is 1.56. The Morgan fingerprint density at radius 2 is 1.70 bits per heavy atom. The van der Waals surface area contributed by atoms with Crippen molar-refractivity contribution in [1.82, 2.24) is 10.2 Å². The summed E-state index contributed by atoms with van der Waals surface area (Å²) < 4.78 is 40.9. The molecule has 0 bridgehead atoms. The van der Waals surface area contributed by atoms with Gasteiger partial charge in [0.05, 0.1) is 4.47 Å². The minimum absolute atomic E-state index is 0.145. The van der Waals surface area contributed by atoms with Gasteiger partial charge >= 0.3 is 6.18 Å². The molecule has 0 unspecified atom stereocenters. The van der Waals surface area contributed by atoms with Gasteiger partial charge in [-0.15, -0.1) is 0 Å². The summed E-state index contributed by atoms with van der Waals surface area (Å²) in [4.78, 5) is 1.34. The summed E-state index contributed by atoms with van der Waals surface area (Å²) >= 11 is 6.19. The summed E-state index contributed by atoms with van der Waals surface area (Å²) in [5.74, 6) is -0.375. The highest BCUT2D eigenvalue weighted by Gasteiger charge is 2.47. The van der Waals surface area contributed by atoms with Crippen LogP contribution in [0, 0.1) is 0 Å². The number of nitrogens with one attached hydrogen (secondary N) is 1. The van der Waals surface area contributed by atoms with Gasteiger partial charge in [-0.1, -0.05) is 15.9 Å². The first kappa shape index (κ1) is 16.1. The summed E-state index contributed by atoms with van der Waals surface area (Å²) in [6.07, 6.45) is -4.46. The maximum Gasteiger partial charge on any atom is 0.408 e. The van der Waals surface area contributed by atoms with E-state index < -0.39 is 12.2 Å². The zero-order valence-corrected chi connectivity index (χ0v) is 13.5. The van der Waals surface area contributed by atoms with Gasteiger partial charge in [-0.05, 0) is 28.1 Å². The normalized spacial score (nSPS) is 19.1. The van der Waals surface area contributed by atoms with E-state index in [1.54, 1.807) is 0 Å². The van der Waals surface area contributed by atoms with Gasteiger partial charge in [0.2, 0.25) is 0 Å². The molecule has 0 amide bonds. The lowest BCUT2D eigenvalue weighted by Crippen LogP contribution is -2.49. The van der Waals surface area contributed by atoms with Crippen molar-refractivity contribution in [3.8, 4) is 5.75 Å². The van der Waals surface area contributed by atoms with Crippen molar-refractivity contribution in [3.05, 3.63) is 26.6 Å². The molecule has 0 radical (unpaired) electrons. The highest BCUT2D eigenvalue weighted by Crippen LogP contribution is 2.46. The summed E-state index contributed by atoms with van der Waals surface area (Å²) in [6, 6.07) is 1.19. The van der Waals surface area contributed by atoms with Crippen molar-refractivity contribution in [2.45, 2.75) is 12.2 Å². The van der Waals surface area contributed by atoms with Crippen LogP contribution < -0.4 is 5.32 Å². The highest BCUT2D eigenvalue weighted by molar-refractivity contribution is 9.11. The zero-order valence-electron chi connectivity index (χ0n) is 10.3. The second-order valence-corrected chi connectivity index (χ2v) is 6.23. The number of nitrogens with zero attached hydrogens (tertiary/aromatic N) is 1. The van der Waals surface area contributed by atoms with E-state index in [2.05, 4.69) is 37.2 Å². The van der Waals surface area contributed by atoms with Crippen LogP contribution in [-0.4, -0.2) is 42.4 Å². The van der Waals surface area contributed by atoms with Crippen molar-refractivity contribution in [2.24, 2.45) is 0 Å². The van der Waals surface area contributed by atoms with Gasteiger partial charge in [-0.3, -0.25) is 4.90 Å². The molecule has 0 aromatic heterocycles. The molecule has 1 heterocycles. The van der Waals surface area contributed by atoms with Crippen molar-refractivity contribution in [2.75, 3.05) is 26.2 Å². The monoisotopic (exact) mass is 416 g/mol. The fraction of sp³-hybridized carbons (Fsp3) is 0.500. The molecule has 1 aromatic rings. The molecule has 20 heavy (non-hydrogen) atoms. The van der Waals surface area contributed by atoms with Crippen LogP contribution in [0.2, 0.25) is 0 Å². The van der Waals surface area contributed by atoms with Gasteiger partial charge in [0.1, 0.15) is 11.8 Å². The molecular weight excluding hydrogens is 405 g/mol. The number of phenolic OH excluding ortho intramolecular Hbond substituents is 1. The molecule has 1 atom stereocenters. The average molecular weight is 418 g/mol. The van der Waals surface area contributed by atoms with Gasteiger partial charge in [0, 0.05) is 36.2 Å². The zero-order chi connectivity index (χ0) is 14.9. The van der Waals surface area contributed by atoms with Crippen LogP contribution in [0.25, 0.3) is 0 Å². The van der Waals surface area contributed by atoms with E-state index in [1.165, 1.54) is 17.0 Å². The third-order valence-electron chi connectivity index (χ3n) is 3.21. The molecule has 1 aromatic carbocycles. The second-order valence-electron chi connectivity index (χ2n) is 4.52. The lowest BCUT2D eigenvalue weighted by atomic mass is 10.0. The molecule has 112 valence electrons. The van der Waals surface area contributed by atoms with Gasteiger partial charge in [0.15, 0.2) is 0 Å². The Bertz CT molecular complexity index is 490. The molecule has 2 N–H and O–H groups in total. The highest BCUT2D eigenvalue weighted by atomic mass is 79.9. The molecule has 0 spiro atoms. The molecular formula is C12H13Br2F3N2O. The van der Waals surface area contributed by atoms with E-state index in [-0.39, 0.29) is 33.3 Å². The minimum atomic E-state index is -4.46. The molecule has 1 fully saturated rings. The lowest BCUT2D eigenvalue weighted by molar-refractivity contribution is -0.188. The number of benzene rings is 1. The Hall–Kier alpha value is -0.310. The third-order valence-corrected chi connectivity index (χ3v) is 4.55. The molecule has 1 aliphatic rings. The Morgan fingerprint density at radius 3 is 2.25 bits per heavy atom. The topological polar surface area (TPSA) is 35.5 Å². The third kappa shape index (κ3) is 3.29. The molecule has 8 heteroatoms. The second kappa shape index (κ2) is 6.21. The Morgan fingerprint density at radius 1 is 1.15 bits per heavy atom. The average Bonchev–Trinajstić information content (AvgIpc) is 2.39. The van der Waals surface area contributed by atoms with E-state index in [0.717, 1.165) is 0 Å². The van der Waals surface area contributed by atoms with Crippen LogP contribution in [0.15, 0.2) is 21.1 Å². The van der Waals surface area contributed by atoms with Crippen molar-refractivity contribution >= 4 is 31.9 Å². The maximum absolute atomic E-state index is 13.5. The summed E-state index contributed by atoms with van der Waals surface area (Å²) in [7, 11) is 0. The Balaban J connectivity index is 2.49. The molecule has 3 nitrogen and oxygen atoms in total. The van der Waals surface area contributed by atoms with Crippen LogP contribution >= 0.6 is 31.9 Å². The minimum Gasteiger partial charge on any atom is -0.506 e. The van der Waals surface area contributed by atoms with Gasteiger partial charge in [-0.25, -0.2) is 0 Å².